The molecular weight excluding hydrogens is 276 g/mol. The molecule has 0 spiro atoms. The van der Waals surface area contributed by atoms with Gasteiger partial charge in [0.2, 0.25) is 0 Å². The molecule has 0 amide bonds. The van der Waals surface area contributed by atoms with E-state index in [0.717, 1.165) is 51.0 Å². The van der Waals surface area contributed by atoms with Crippen LogP contribution in [-0.4, -0.2) is 67.5 Å². The molecule has 4 nitrogen and oxygen atoms in total. The fraction of sp³-hybridized carbons (Fsp3) is 0.600. The second-order valence-electron chi connectivity index (χ2n) is 5.08. The van der Waals surface area contributed by atoms with E-state index in [1.807, 2.05) is 18.2 Å². The molecule has 0 bridgehead atoms. The highest BCUT2D eigenvalue weighted by Crippen LogP contribution is 2.12. The SMILES string of the molecule is OCCN(CCN1CCOCC1)Cc1cccc(Cl)c1. The van der Waals surface area contributed by atoms with Gasteiger partial charge in [0.15, 0.2) is 0 Å². The Morgan fingerprint density at radius 3 is 2.75 bits per heavy atom. The van der Waals surface area contributed by atoms with Crippen LogP contribution in [0.5, 0.6) is 0 Å². The van der Waals surface area contributed by atoms with Gasteiger partial charge in [0, 0.05) is 44.3 Å². The fourth-order valence-electron chi connectivity index (χ4n) is 2.41. The van der Waals surface area contributed by atoms with Crippen molar-refractivity contribution in [2.45, 2.75) is 6.54 Å². The smallest absolute Gasteiger partial charge is 0.0594 e. The Labute approximate surface area is 125 Å². The lowest BCUT2D eigenvalue weighted by Crippen LogP contribution is -2.41. The summed E-state index contributed by atoms with van der Waals surface area (Å²) in [5.74, 6) is 0. The van der Waals surface area contributed by atoms with Crippen molar-refractivity contribution in [1.29, 1.82) is 0 Å². The average molecular weight is 299 g/mol. The number of nitrogens with zero attached hydrogens (tertiary/aromatic N) is 2. The standard InChI is InChI=1S/C15H23ClN2O2/c16-15-3-1-2-14(12-15)13-18(6-9-19)5-4-17-7-10-20-11-8-17/h1-3,12,19H,4-11,13H2. The minimum Gasteiger partial charge on any atom is -0.395 e. The number of hydrogen-bond acceptors (Lipinski definition) is 4. The summed E-state index contributed by atoms with van der Waals surface area (Å²) in [6.45, 7) is 7.33. The number of hydrogen-bond donors (Lipinski definition) is 1. The molecular formula is C15H23ClN2O2. The van der Waals surface area contributed by atoms with E-state index in [9.17, 15) is 5.11 Å². The Kier molecular flexibility index (Phi) is 6.76. The number of benzene rings is 1. The molecule has 0 atom stereocenters. The maximum atomic E-state index is 9.20. The highest BCUT2D eigenvalue weighted by molar-refractivity contribution is 6.30. The Bertz CT molecular complexity index is 397. The first kappa shape index (κ1) is 15.7. The Morgan fingerprint density at radius 2 is 2.05 bits per heavy atom. The summed E-state index contributed by atoms with van der Waals surface area (Å²) in [6, 6.07) is 7.91. The largest absolute Gasteiger partial charge is 0.395 e. The van der Waals surface area contributed by atoms with Gasteiger partial charge >= 0.3 is 0 Å². The maximum absolute atomic E-state index is 9.20. The summed E-state index contributed by atoms with van der Waals surface area (Å²) in [7, 11) is 0. The summed E-state index contributed by atoms with van der Waals surface area (Å²) in [5, 5.41) is 9.97. The molecule has 1 aliphatic heterocycles. The first-order valence-corrected chi connectivity index (χ1v) is 7.53. The molecule has 1 aliphatic rings. The summed E-state index contributed by atoms with van der Waals surface area (Å²) in [6.07, 6.45) is 0. The highest BCUT2D eigenvalue weighted by Gasteiger charge is 2.12. The molecule has 0 radical (unpaired) electrons. The van der Waals surface area contributed by atoms with Gasteiger partial charge in [-0.2, -0.15) is 0 Å². The van der Waals surface area contributed by atoms with Crippen LogP contribution >= 0.6 is 11.6 Å². The first-order valence-electron chi connectivity index (χ1n) is 7.15. The van der Waals surface area contributed by atoms with Crippen LogP contribution in [-0.2, 0) is 11.3 Å². The molecule has 2 rings (SSSR count). The number of ether oxygens (including phenoxy) is 1. The number of rotatable bonds is 7. The first-order chi connectivity index (χ1) is 9.78. The Morgan fingerprint density at radius 1 is 1.25 bits per heavy atom. The Hall–Kier alpha value is -0.650. The highest BCUT2D eigenvalue weighted by atomic mass is 35.5. The summed E-state index contributed by atoms with van der Waals surface area (Å²) in [4.78, 5) is 4.67. The van der Waals surface area contributed by atoms with Crippen molar-refractivity contribution < 1.29 is 9.84 Å². The van der Waals surface area contributed by atoms with Crippen molar-refractivity contribution in [3.8, 4) is 0 Å². The van der Waals surface area contributed by atoms with Gasteiger partial charge < -0.3 is 9.84 Å². The van der Waals surface area contributed by atoms with E-state index in [-0.39, 0.29) is 6.61 Å². The monoisotopic (exact) mass is 298 g/mol. The third kappa shape index (κ3) is 5.38. The molecule has 1 saturated heterocycles. The van der Waals surface area contributed by atoms with Crippen LogP contribution in [0.1, 0.15) is 5.56 Å². The topological polar surface area (TPSA) is 35.9 Å². The van der Waals surface area contributed by atoms with Gasteiger partial charge in [0.25, 0.3) is 0 Å². The second kappa shape index (κ2) is 8.60. The fourth-order valence-corrected chi connectivity index (χ4v) is 2.63. The lowest BCUT2D eigenvalue weighted by molar-refractivity contribution is 0.0320. The lowest BCUT2D eigenvalue weighted by Gasteiger charge is -2.29. The van der Waals surface area contributed by atoms with E-state index in [0.29, 0.717) is 6.54 Å². The minimum absolute atomic E-state index is 0.184. The quantitative estimate of drug-likeness (QED) is 0.827. The van der Waals surface area contributed by atoms with Gasteiger partial charge in [-0.3, -0.25) is 9.80 Å². The van der Waals surface area contributed by atoms with E-state index >= 15 is 0 Å². The van der Waals surface area contributed by atoms with Crippen LogP contribution in [0.3, 0.4) is 0 Å². The summed E-state index contributed by atoms with van der Waals surface area (Å²) < 4.78 is 5.35. The van der Waals surface area contributed by atoms with Crippen molar-refractivity contribution in [3.05, 3.63) is 34.9 Å². The van der Waals surface area contributed by atoms with Gasteiger partial charge in [-0.25, -0.2) is 0 Å². The van der Waals surface area contributed by atoms with Gasteiger partial charge in [-0.15, -0.1) is 0 Å². The van der Waals surface area contributed by atoms with E-state index < -0.39 is 0 Å². The molecule has 1 fully saturated rings. The molecule has 0 saturated carbocycles. The van der Waals surface area contributed by atoms with Crippen LogP contribution < -0.4 is 0 Å². The molecule has 0 unspecified atom stereocenters. The van der Waals surface area contributed by atoms with Gasteiger partial charge in [0.1, 0.15) is 0 Å². The van der Waals surface area contributed by atoms with Crippen molar-refractivity contribution in [1.82, 2.24) is 9.80 Å². The normalized spacial score (nSPS) is 16.8. The molecule has 1 heterocycles. The lowest BCUT2D eigenvalue weighted by atomic mass is 10.2. The third-order valence-corrected chi connectivity index (χ3v) is 3.78. The van der Waals surface area contributed by atoms with Crippen LogP contribution in [0.4, 0.5) is 0 Å². The van der Waals surface area contributed by atoms with Crippen LogP contribution in [0.15, 0.2) is 24.3 Å². The zero-order valence-corrected chi connectivity index (χ0v) is 12.6. The van der Waals surface area contributed by atoms with Crippen LogP contribution in [0, 0.1) is 0 Å². The van der Waals surface area contributed by atoms with E-state index in [1.165, 1.54) is 5.56 Å². The molecule has 0 aliphatic carbocycles. The van der Waals surface area contributed by atoms with Crippen molar-refractivity contribution in [2.75, 3.05) is 52.5 Å². The van der Waals surface area contributed by atoms with E-state index in [1.54, 1.807) is 0 Å². The second-order valence-corrected chi connectivity index (χ2v) is 5.52. The van der Waals surface area contributed by atoms with E-state index in [2.05, 4.69) is 15.9 Å². The number of halogens is 1. The van der Waals surface area contributed by atoms with Crippen molar-refractivity contribution in [3.63, 3.8) is 0 Å². The minimum atomic E-state index is 0.184. The van der Waals surface area contributed by atoms with Gasteiger partial charge in [0.05, 0.1) is 19.8 Å². The molecule has 1 aromatic rings. The predicted molar refractivity (Wildman–Crippen MR) is 81.1 cm³/mol. The van der Waals surface area contributed by atoms with Crippen molar-refractivity contribution in [2.24, 2.45) is 0 Å². The van der Waals surface area contributed by atoms with Crippen molar-refractivity contribution >= 4 is 11.6 Å². The van der Waals surface area contributed by atoms with E-state index in [4.69, 9.17) is 16.3 Å². The Balaban J connectivity index is 1.82. The average Bonchev–Trinajstić information content (AvgIpc) is 2.46. The number of aliphatic hydroxyl groups excluding tert-OH is 1. The summed E-state index contributed by atoms with van der Waals surface area (Å²) >= 11 is 6.01. The maximum Gasteiger partial charge on any atom is 0.0594 e. The molecule has 20 heavy (non-hydrogen) atoms. The zero-order chi connectivity index (χ0) is 14.2. The molecule has 0 aromatic heterocycles. The molecule has 5 heteroatoms. The van der Waals surface area contributed by atoms with Crippen LogP contribution in [0.25, 0.3) is 0 Å². The number of morpholine rings is 1. The molecule has 1 aromatic carbocycles. The third-order valence-electron chi connectivity index (χ3n) is 3.55. The van der Waals surface area contributed by atoms with Crippen LogP contribution in [0.2, 0.25) is 5.02 Å². The zero-order valence-electron chi connectivity index (χ0n) is 11.8. The number of aliphatic hydroxyl groups is 1. The predicted octanol–water partition coefficient (Wildman–Crippen LogP) is 1.47. The van der Waals surface area contributed by atoms with Gasteiger partial charge in [-0.05, 0) is 17.7 Å². The summed E-state index contributed by atoms with van der Waals surface area (Å²) in [5.41, 5.74) is 1.19. The molecule has 1 N–H and O–H groups in total. The molecule has 112 valence electrons. The van der Waals surface area contributed by atoms with Gasteiger partial charge in [-0.1, -0.05) is 23.7 Å².